The number of aromatic nitrogens is 2. The number of alkyl halides is 1. The Labute approximate surface area is 88.6 Å². The molecule has 1 heterocycles. The number of anilines is 1. The number of nitrogens with two attached hydrogens (primary N) is 1. The van der Waals surface area contributed by atoms with Gasteiger partial charge in [-0.1, -0.05) is 34.2 Å². The molecule has 1 aromatic rings. The molecule has 1 rings (SSSR count). The first kappa shape index (κ1) is 9.79. The highest BCUT2D eigenvalue weighted by Gasteiger charge is 1.99. The predicted molar refractivity (Wildman–Crippen MR) is 55.8 cm³/mol. The molecule has 0 aliphatic rings. The van der Waals surface area contributed by atoms with Crippen LogP contribution >= 0.6 is 34.2 Å². The minimum Gasteiger partial charge on any atom is -0.477 e. The normalized spacial score (nSPS) is 9.83. The number of ether oxygens (including phenoxy) is 1. The average molecular weight is 299 g/mol. The maximum absolute atomic E-state index is 5.62. The van der Waals surface area contributed by atoms with Gasteiger partial charge in [0.25, 0.3) is 0 Å². The van der Waals surface area contributed by atoms with Crippen LogP contribution in [0.4, 0.5) is 5.95 Å². The van der Waals surface area contributed by atoms with Crippen LogP contribution in [0.1, 0.15) is 0 Å². The van der Waals surface area contributed by atoms with Crippen molar-refractivity contribution in [3.05, 3.63) is 11.2 Å². The lowest BCUT2D eigenvalue weighted by atomic mass is 10.6. The van der Waals surface area contributed by atoms with Gasteiger partial charge in [0, 0.05) is 10.5 Å². The van der Waals surface area contributed by atoms with Crippen molar-refractivity contribution in [2.75, 3.05) is 16.8 Å². The van der Waals surface area contributed by atoms with Gasteiger partial charge in [0.15, 0.2) is 0 Å². The number of nitrogens with zero attached hydrogens (tertiary/aromatic N) is 2. The highest BCUT2D eigenvalue weighted by Crippen LogP contribution is 2.14. The second kappa shape index (κ2) is 4.66. The number of halogens is 2. The van der Waals surface area contributed by atoms with Crippen molar-refractivity contribution < 1.29 is 4.74 Å². The van der Waals surface area contributed by atoms with E-state index in [2.05, 4.69) is 32.6 Å². The topological polar surface area (TPSA) is 61.0 Å². The Morgan fingerprint density at radius 1 is 1.58 bits per heavy atom. The van der Waals surface area contributed by atoms with Gasteiger partial charge in [-0.3, -0.25) is 0 Å². The quantitative estimate of drug-likeness (QED) is 0.522. The van der Waals surface area contributed by atoms with Gasteiger partial charge in [-0.2, -0.15) is 4.98 Å². The zero-order valence-corrected chi connectivity index (χ0v) is 9.04. The summed E-state index contributed by atoms with van der Waals surface area (Å²) in [6, 6.07) is 1.53. The molecule has 0 amide bonds. The third-order valence-corrected chi connectivity index (χ3v) is 1.65. The standard InChI is InChI=1S/C6H7ClIN3O/c7-4-3-5(12-2-1-8)11-6(9)10-4/h3H,1-2H2,(H2,9,10,11). The summed E-state index contributed by atoms with van der Waals surface area (Å²) in [6.07, 6.45) is 0. The summed E-state index contributed by atoms with van der Waals surface area (Å²) in [6.45, 7) is 0.591. The van der Waals surface area contributed by atoms with Crippen LogP contribution < -0.4 is 10.5 Å². The van der Waals surface area contributed by atoms with Gasteiger partial charge in [-0.05, 0) is 0 Å². The highest BCUT2D eigenvalue weighted by atomic mass is 127. The predicted octanol–water partition coefficient (Wildman–Crippen LogP) is 1.53. The minimum atomic E-state index is 0.131. The monoisotopic (exact) mass is 299 g/mol. The second-order valence-electron chi connectivity index (χ2n) is 1.92. The molecule has 0 aliphatic carbocycles. The largest absolute Gasteiger partial charge is 0.477 e. The molecular formula is C6H7ClIN3O. The molecular weight excluding hydrogens is 292 g/mol. The number of hydrogen-bond donors (Lipinski definition) is 1. The molecule has 0 aliphatic heterocycles. The zero-order valence-electron chi connectivity index (χ0n) is 6.13. The molecule has 2 N–H and O–H groups in total. The zero-order chi connectivity index (χ0) is 8.97. The Morgan fingerprint density at radius 3 is 2.92 bits per heavy atom. The van der Waals surface area contributed by atoms with Crippen molar-refractivity contribution in [2.45, 2.75) is 0 Å². The fourth-order valence-electron chi connectivity index (χ4n) is 0.631. The molecule has 0 bridgehead atoms. The van der Waals surface area contributed by atoms with Crippen LogP contribution in [0.15, 0.2) is 6.07 Å². The highest BCUT2D eigenvalue weighted by molar-refractivity contribution is 14.1. The number of hydrogen-bond acceptors (Lipinski definition) is 4. The van der Waals surface area contributed by atoms with Crippen molar-refractivity contribution in [3.8, 4) is 5.88 Å². The lowest BCUT2D eigenvalue weighted by Crippen LogP contribution is -2.02. The van der Waals surface area contributed by atoms with E-state index in [0.29, 0.717) is 17.6 Å². The molecule has 1 aromatic heterocycles. The van der Waals surface area contributed by atoms with Crippen LogP contribution in [0.3, 0.4) is 0 Å². The van der Waals surface area contributed by atoms with E-state index in [1.54, 1.807) is 0 Å². The molecule has 0 unspecified atom stereocenters. The third kappa shape index (κ3) is 2.98. The van der Waals surface area contributed by atoms with Crippen molar-refractivity contribution in [3.63, 3.8) is 0 Å². The summed E-state index contributed by atoms with van der Waals surface area (Å²) in [5, 5.41) is 0.297. The molecule has 4 nitrogen and oxygen atoms in total. The molecule has 0 saturated heterocycles. The Hall–Kier alpha value is -0.300. The van der Waals surface area contributed by atoms with Gasteiger partial charge in [-0.25, -0.2) is 4.98 Å². The van der Waals surface area contributed by atoms with Gasteiger partial charge >= 0.3 is 0 Å². The average Bonchev–Trinajstić information content (AvgIpc) is 1.99. The van der Waals surface area contributed by atoms with Crippen molar-refractivity contribution in [1.82, 2.24) is 9.97 Å². The molecule has 0 radical (unpaired) electrons. The maximum atomic E-state index is 5.62. The Balaban J connectivity index is 2.72. The van der Waals surface area contributed by atoms with E-state index < -0.39 is 0 Å². The lowest BCUT2D eigenvalue weighted by Gasteiger charge is -2.02. The third-order valence-electron chi connectivity index (χ3n) is 1.02. The molecule has 6 heteroatoms. The van der Waals surface area contributed by atoms with Gasteiger partial charge in [0.2, 0.25) is 11.8 Å². The van der Waals surface area contributed by atoms with Gasteiger partial charge in [-0.15, -0.1) is 0 Å². The van der Waals surface area contributed by atoms with E-state index in [9.17, 15) is 0 Å². The molecule has 0 saturated carbocycles. The van der Waals surface area contributed by atoms with E-state index in [1.807, 2.05) is 0 Å². The van der Waals surface area contributed by atoms with E-state index in [-0.39, 0.29) is 5.95 Å². The molecule has 0 spiro atoms. The molecule has 66 valence electrons. The summed E-state index contributed by atoms with van der Waals surface area (Å²) in [5.74, 6) is 0.551. The smallest absolute Gasteiger partial charge is 0.224 e. The summed E-state index contributed by atoms with van der Waals surface area (Å²) >= 11 is 7.81. The van der Waals surface area contributed by atoms with Gasteiger partial charge in [0.1, 0.15) is 5.15 Å². The summed E-state index contributed by atoms with van der Waals surface area (Å²) in [7, 11) is 0. The summed E-state index contributed by atoms with van der Waals surface area (Å²) in [5.41, 5.74) is 5.34. The summed E-state index contributed by atoms with van der Waals surface area (Å²) in [4.78, 5) is 7.52. The Kier molecular flexibility index (Phi) is 3.80. The van der Waals surface area contributed by atoms with Crippen LogP contribution in [0.2, 0.25) is 5.15 Å². The fourth-order valence-corrected chi connectivity index (χ4v) is 1.03. The first-order chi connectivity index (χ1) is 5.72. The minimum absolute atomic E-state index is 0.131. The lowest BCUT2D eigenvalue weighted by molar-refractivity contribution is 0.333. The number of nitrogen functional groups attached to an aromatic ring is 1. The van der Waals surface area contributed by atoms with Gasteiger partial charge in [0.05, 0.1) is 6.61 Å². The van der Waals surface area contributed by atoms with Crippen LogP contribution in [-0.4, -0.2) is 21.0 Å². The van der Waals surface area contributed by atoms with E-state index >= 15 is 0 Å². The van der Waals surface area contributed by atoms with Gasteiger partial charge < -0.3 is 10.5 Å². The van der Waals surface area contributed by atoms with E-state index in [4.69, 9.17) is 22.1 Å². The Morgan fingerprint density at radius 2 is 2.33 bits per heavy atom. The molecule has 0 fully saturated rings. The first-order valence-electron chi connectivity index (χ1n) is 3.21. The maximum Gasteiger partial charge on any atom is 0.224 e. The first-order valence-corrected chi connectivity index (χ1v) is 5.11. The van der Waals surface area contributed by atoms with Crippen LogP contribution in [0.5, 0.6) is 5.88 Å². The van der Waals surface area contributed by atoms with Crippen molar-refractivity contribution >= 4 is 40.1 Å². The molecule has 12 heavy (non-hydrogen) atoms. The SMILES string of the molecule is Nc1nc(Cl)cc(OCCI)n1. The summed E-state index contributed by atoms with van der Waals surface area (Å²) < 4.78 is 6.08. The van der Waals surface area contributed by atoms with Crippen LogP contribution in [-0.2, 0) is 0 Å². The fraction of sp³-hybridized carbons (Fsp3) is 0.333. The molecule has 0 atom stereocenters. The van der Waals surface area contributed by atoms with E-state index in [0.717, 1.165) is 4.43 Å². The van der Waals surface area contributed by atoms with Crippen molar-refractivity contribution in [2.24, 2.45) is 0 Å². The molecule has 0 aromatic carbocycles. The second-order valence-corrected chi connectivity index (χ2v) is 3.39. The van der Waals surface area contributed by atoms with Crippen LogP contribution in [0, 0.1) is 0 Å². The number of rotatable bonds is 3. The Bertz CT molecular complexity index is 251. The van der Waals surface area contributed by atoms with Crippen molar-refractivity contribution in [1.29, 1.82) is 0 Å². The van der Waals surface area contributed by atoms with E-state index in [1.165, 1.54) is 6.07 Å². The van der Waals surface area contributed by atoms with Crippen LogP contribution in [0.25, 0.3) is 0 Å².